The minimum atomic E-state index is -3.68. The number of aryl methyl sites for hydroxylation is 1. The predicted molar refractivity (Wildman–Crippen MR) is 74.4 cm³/mol. The van der Waals surface area contributed by atoms with Crippen molar-refractivity contribution in [2.24, 2.45) is 7.05 Å². The molecular weight excluding hydrogens is 350 g/mol. The van der Waals surface area contributed by atoms with E-state index < -0.39 is 10.0 Å². The summed E-state index contributed by atoms with van der Waals surface area (Å²) in [6.45, 7) is -0.114. The summed E-state index contributed by atoms with van der Waals surface area (Å²) in [4.78, 5) is -0.0217. The molecule has 2 rings (SSSR count). The Morgan fingerprint density at radius 1 is 1.55 bits per heavy atom. The lowest BCUT2D eigenvalue weighted by atomic mass is 10.3. The van der Waals surface area contributed by atoms with E-state index in [9.17, 15) is 8.42 Å². The summed E-state index contributed by atoms with van der Waals surface area (Å²) in [5.74, 6) is 0.184. The fourth-order valence-corrected chi connectivity index (χ4v) is 3.72. The van der Waals surface area contributed by atoms with Gasteiger partial charge in [-0.05, 0) is 22.0 Å². The maximum absolute atomic E-state index is 12.1. The van der Waals surface area contributed by atoms with Crippen LogP contribution in [0.3, 0.4) is 0 Å². The molecule has 2 N–H and O–H groups in total. The number of furan rings is 1. The fraction of sp³-hybridized carbons (Fsp3) is 0.364. The van der Waals surface area contributed by atoms with E-state index in [-0.39, 0.29) is 28.5 Å². The third kappa shape index (κ3) is 3.29. The molecule has 2 heterocycles. The third-order valence-corrected chi connectivity index (χ3v) is 5.07. The molecule has 0 aliphatic rings. The molecule has 0 unspecified atom stereocenters. The highest BCUT2D eigenvalue weighted by Crippen LogP contribution is 2.25. The van der Waals surface area contributed by atoms with Crippen molar-refractivity contribution in [3.63, 3.8) is 0 Å². The molecule has 0 saturated heterocycles. The summed E-state index contributed by atoms with van der Waals surface area (Å²) < 4.78 is 33.5. The molecule has 20 heavy (non-hydrogen) atoms. The molecule has 2 aromatic heterocycles. The standard InChI is InChI=1S/C11H14BrN3O4S/c1-15-8(2-4-13-15)3-5-14-20(17,18)10-6-9(7-16)19-11(10)12/h2,4,6,14,16H,3,5,7H2,1H3. The van der Waals surface area contributed by atoms with Gasteiger partial charge in [-0.1, -0.05) is 0 Å². The van der Waals surface area contributed by atoms with E-state index in [1.165, 1.54) is 6.07 Å². The third-order valence-electron chi connectivity index (χ3n) is 2.75. The van der Waals surface area contributed by atoms with Crippen molar-refractivity contribution < 1.29 is 17.9 Å². The molecule has 0 aliphatic carbocycles. The molecule has 0 amide bonds. The van der Waals surface area contributed by atoms with Crippen LogP contribution in [0.5, 0.6) is 0 Å². The molecule has 0 aliphatic heterocycles. The molecular formula is C11H14BrN3O4S. The van der Waals surface area contributed by atoms with Gasteiger partial charge in [0.1, 0.15) is 17.3 Å². The Morgan fingerprint density at radius 3 is 2.85 bits per heavy atom. The number of aliphatic hydroxyl groups excluding tert-OH is 1. The van der Waals surface area contributed by atoms with Crippen LogP contribution in [0.2, 0.25) is 0 Å². The Balaban J connectivity index is 2.04. The molecule has 0 bridgehead atoms. The first-order valence-corrected chi connectivity index (χ1v) is 8.07. The first kappa shape index (κ1) is 15.2. The predicted octanol–water partition coefficient (Wildman–Crippen LogP) is 0.789. The minimum Gasteiger partial charge on any atom is -0.450 e. The highest BCUT2D eigenvalue weighted by atomic mass is 79.9. The van der Waals surface area contributed by atoms with Crippen molar-refractivity contribution in [3.05, 3.63) is 34.5 Å². The Bertz CT molecular complexity index is 692. The van der Waals surface area contributed by atoms with Gasteiger partial charge in [0.25, 0.3) is 0 Å². The number of aliphatic hydroxyl groups is 1. The summed E-state index contributed by atoms with van der Waals surface area (Å²) in [5.41, 5.74) is 0.926. The van der Waals surface area contributed by atoms with Crippen LogP contribution in [0, 0.1) is 0 Å². The highest BCUT2D eigenvalue weighted by molar-refractivity contribution is 9.10. The van der Waals surface area contributed by atoms with Crippen LogP contribution in [-0.4, -0.2) is 29.8 Å². The van der Waals surface area contributed by atoms with Gasteiger partial charge in [0.05, 0.1) is 0 Å². The van der Waals surface area contributed by atoms with Gasteiger partial charge >= 0.3 is 0 Å². The maximum Gasteiger partial charge on any atom is 0.244 e. The van der Waals surface area contributed by atoms with Crippen molar-refractivity contribution in [2.45, 2.75) is 17.9 Å². The molecule has 9 heteroatoms. The summed E-state index contributed by atoms with van der Waals surface area (Å²) in [6.07, 6.45) is 2.18. The zero-order chi connectivity index (χ0) is 14.8. The summed E-state index contributed by atoms with van der Waals surface area (Å²) in [5, 5.41) is 12.9. The van der Waals surface area contributed by atoms with Crippen LogP contribution in [0.25, 0.3) is 0 Å². The van der Waals surface area contributed by atoms with Gasteiger partial charge in [0.2, 0.25) is 10.0 Å². The van der Waals surface area contributed by atoms with E-state index >= 15 is 0 Å². The van der Waals surface area contributed by atoms with E-state index in [4.69, 9.17) is 9.52 Å². The van der Waals surface area contributed by atoms with E-state index in [1.54, 1.807) is 17.9 Å². The van der Waals surface area contributed by atoms with Gasteiger partial charge < -0.3 is 9.52 Å². The molecule has 0 spiro atoms. The monoisotopic (exact) mass is 363 g/mol. The Hall–Kier alpha value is -1.16. The summed E-state index contributed by atoms with van der Waals surface area (Å²) >= 11 is 3.02. The van der Waals surface area contributed by atoms with Crippen LogP contribution in [0.1, 0.15) is 11.5 Å². The first-order chi connectivity index (χ1) is 9.44. The molecule has 0 atom stereocenters. The molecule has 110 valence electrons. The smallest absolute Gasteiger partial charge is 0.244 e. The second-order valence-electron chi connectivity index (χ2n) is 4.10. The van der Waals surface area contributed by atoms with Gasteiger partial charge in [-0.15, -0.1) is 0 Å². The number of hydrogen-bond acceptors (Lipinski definition) is 5. The maximum atomic E-state index is 12.1. The van der Waals surface area contributed by atoms with Crippen LogP contribution < -0.4 is 4.72 Å². The van der Waals surface area contributed by atoms with Gasteiger partial charge in [-0.25, -0.2) is 13.1 Å². The van der Waals surface area contributed by atoms with Crippen LogP contribution in [-0.2, 0) is 30.1 Å². The Morgan fingerprint density at radius 2 is 2.30 bits per heavy atom. The molecule has 0 saturated carbocycles. The van der Waals surface area contributed by atoms with Crippen molar-refractivity contribution >= 4 is 26.0 Å². The number of nitrogens with zero attached hydrogens (tertiary/aromatic N) is 2. The van der Waals surface area contributed by atoms with Crippen molar-refractivity contribution in [1.29, 1.82) is 0 Å². The van der Waals surface area contributed by atoms with Gasteiger partial charge in [-0.3, -0.25) is 4.68 Å². The van der Waals surface area contributed by atoms with Crippen LogP contribution in [0.15, 0.2) is 32.3 Å². The van der Waals surface area contributed by atoms with E-state index in [1.807, 2.05) is 6.07 Å². The van der Waals surface area contributed by atoms with Gasteiger partial charge in [-0.2, -0.15) is 5.10 Å². The number of halogens is 1. The zero-order valence-corrected chi connectivity index (χ0v) is 13.1. The second kappa shape index (κ2) is 6.08. The van der Waals surface area contributed by atoms with Crippen LogP contribution in [0.4, 0.5) is 0 Å². The molecule has 0 fully saturated rings. The number of hydrogen-bond donors (Lipinski definition) is 2. The average Bonchev–Trinajstić information content (AvgIpc) is 2.96. The van der Waals surface area contributed by atoms with Gasteiger partial charge in [0, 0.05) is 38.0 Å². The lowest BCUT2D eigenvalue weighted by Crippen LogP contribution is -2.26. The van der Waals surface area contributed by atoms with Crippen molar-refractivity contribution in [2.75, 3.05) is 6.54 Å². The normalized spacial score (nSPS) is 11.9. The van der Waals surface area contributed by atoms with Crippen molar-refractivity contribution in [1.82, 2.24) is 14.5 Å². The number of rotatable bonds is 6. The molecule has 7 nitrogen and oxygen atoms in total. The topological polar surface area (TPSA) is 97.4 Å². The Labute approximate surface area is 124 Å². The van der Waals surface area contributed by atoms with E-state index in [0.29, 0.717) is 6.42 Å². The Kier molecular flexibility index (Phi) is 4.63. The van der Waals surface area contributed by atoms with Crippen LogP contribution >= 0.6 is 15.9 Å². The summed E-state index contributed by atoms with van der Waals surface area (Å²) in [7, 11) is -1.88. The average molecular weight is 364 g/mol. The zero-order valence-electron chi connectivity index (χ0n) is 10.7. The van der Waals surface area contributed by atoms with E-state index in [2.05, 4.69) is 25.8 Å². The second-order valence-corrected chi connectivity index (χ2v) is 6.56. The lowest BCUT2D eigenvalue weighted by molar-refractivity contribution is 0.245. The molecule has 0 radical (unpaired) electrons. The quantitative estimate of drug-likeness (QED) is 0.790. The molecule has 0 aromatic carbocycles. The first-order valence-electron chi connectivity index (χ1n) is 5.79. The lowest BCUT2D eigenvalue weighted by Gasteiger charge is -2.05. The largest absolute Gasteiger partial charge is 0.450 e. The fourth-order valence-electron chi connectivity index (χ4n) is 1.70. The highest BCUT2D eigenvalue weighted by Gasteiger charge is 2.21. The minimum absolute atomic E-state index is 0.0217. The molecule has 2 aromatic rings. The van der Waals surface area contributed by atoms with Crippen molar-refractivity contribution in [3.8, 4) is 0 Å². The number of nitrogens with one attached hydrogen (secondary N) is 1. The van der Waals surface area contributed by atoms with Gasteiger partial charge in [0.15, 0.2) is 4.67 Å². The number of aromatic nitrogens is 2. The number of sulfonamides is 1. The SMILES string of the molecule is Cn1nccc1CCNS(=O)(=O)c1cc(CO)oc1Br. The summed E-state index contributed by atoms with van der Waals surface area (Å²) in [6, 6.07) is 3.11. The van der Waals surface area contributed by atoms with E-state index in [0.717, 1.165) is 5.69 Å².